The zero-order valence-electron chi connectivity index (χ0n) is 9.88. The lowest BCUT2D eigenvalue weighted by Crippen LogP contribution is -2.34. The second-order valence-corrected chi connectivity index (χ2v) is 5.73. The molecule has 2 atom stereocenters. The van der Waals surface area contributed by atoms with Crippen LogP contribution in [0, 0.1) is 0 Å². The molecule has 1 aromatic rings. The van der Waals surface area contributed by atoms with Gasteiger partial charge in [-0.15, -0.1) is 0 Å². The van der Waals surface area contributed by atoms with Crippen molar-refractivity contribution in [2.75, 3.05) is 25.3 Å². The number of rotatable bonds is 4. The largest absolute Gasteiger partial charge is 0.383 e. The average Bonchev–Trinajstić information content (AvgIpc) is 2.73. The van der Waals surface area contributed by atoms with E-state index in [1.807, 2.05) is 0 Å². The molecular weight excluding hydrogens is 277 g/mol. The van der Waals surface area contributed by atoms with Gasteiger partial charge in [0.05, 0.1) is 19.3 Å². The van der Waals surface area contributed by atoms with Gasteiger partial charge in [0.15, 0.2) is 0 Å². The molecule has 1 aromatic heterocycles. The van der Waals surface area contributed by atoms with Crippen LogP contribution in [0.4, 0.5) is 5.82 Å². The molecule has 1 saturated heterocycles. The monoisotopic (exact) mass is 291 g/mol. The Morgan fingerprint density at radius 1 is 1.58 bits per heavy atom. The fourth-order valence-electron chi connectivity index (χ4n) is 1.81. The van der Waals surface area contributed by atoms with Crippen molar-refractivity contribution in [2.24, 2.45) is 0 Å². The van der Waals surface area contributed by atoms with Crippen molar-refractivity contribution < 1.29 is 23.8 Å². The summed E-state index contributed by atoms with van der Waals surface area (Å²) in [7, 11) is -4.26. The Kier molecular flexibility index (Phi) is 4.02. The van der Waals surface area contributed by atoms with E-state index in [0.29, 0.717) is 0 Å². The lowest BCUT2D eigenvalue weighted by Gasteiger charge is -2.20. The van der Waals surface area contributed by atoms with E-state index in [-0.39, 0.29) is 19.0 Å². The van der Waals surface area contributed by atoms with Crippen molar-refractivity contribution in [3.8, 4) is 0 Å². The van der Waals surface area contributed by atoms with Gasteiger partial charge in [-0.25, -0.2) is 4.79 Å². The standard InChI is InChI=1S/C9H14N3O6P/c10-8-1-2-12(9(13)11-8)6-3-17-4-7(6)18-5-19(14,15)16/h1-2,6-7H,3-5H2,(H2,10,11,13)(H2,14,15,16). The van der Waals surface area contributed by atoms with E-state index in [9.17, 15) is 9.36 Å². The quantitative estimate of drug-likeness (QED) is 0.595. The van der Waals surface area contributed by atoms with Gasteiger partial charge < -0.3 is 25.0 Å². The maximum atomic E-state index is 11.7. The molecule has 106 valence electrons. The summed E-state index contributed by atoms with van der Waals surface area (Å²) in [6, 6.07) is 0.979. The highest BCUT2D eigenvalue weighted by molar-refractivity contribution is 7.51. The number of hydrogen-bond acceptors (Lipinski definition) is 6. The molecule has 1 aliphatic heterocycles. The van der Waals surface area contributed by atoms with Crippen molar-refractivity contribution in [2.45, 2.75) is 12.1 Å². The summed E-state index contributed by atoms with van der Waals surface area (Å²) in [5.74, 6) is 0.104. The first-order valence-corrected chi connectivity index (χ1v) is 7.25. The fourth-order valence-corrected chi connectivity index (χ4v) is 2.20. The summed E-state index contributed by atoms with van der Waals surface area (Å²) in [6.07, 6.45) is 0.128. The molecular formula is C9H14N3O6P. The van der Waals surface area contributed by atoms with Gasteiger partial charge in [0, 0.05) is 6.20 Å². The predicted octanol–water partition coefficient (Wildman–Crippen LogP) is -1.08. The molecule has 0 bridgehead atoms. The minimum absolute atomic E-state index is 0.104. The van der Waals surface area contributed by atoms with Gasteiger partial charge in [0.1, 0.15) is 18.3 Å². The second kappa shape index (κ2) is 5.40. The van der Waals surface area contributed by atoms with E-state index in [2.05, 4.69) is 4.98 Å². The summed E-state index contributed by atoms with van der Waals surface area (Å²) in [5.41, 5.74) is 4.83. The Labute approximate surface area is 108 Å². The average molecular weight is 291 g/mol. The molecule has 1 fully saturated rings. The van der Waals surface area contributed by atoms with Gasteiger partial charge in [0.2, 0.25) is 0 Å². The molecule has 2 unspecified atom stereocenters. The van der Waals surface area contributed by atoms with Gasteiger partial charge in [-0.1, -0.05) is 0 Å². The van der Waals surface area contributed by atoms with E-state index in [4.69, 9.17) is 25.0 Å². The highest BCUT2D eigenvalue weighted by Gasteiger charge is 2.33. The van der Waals surface area contributed by atoms with E-state index in [1.54, 1.807) is 0 Å². The molecule has 0 amide bonds. The Hall–Kier alpha value is -1.25. The van der Waals surface area contributed by atoms with Crippen LogP contribution in [0.2, 0.25) is 0 Å². The van der Waals surface area contributed by atoms with Crippen LogP contribution in [-0.2, 0) is 14.0 Å². The van der Waals surface area contributed by atoms with Crippen molar-refractivity contribution in [1.29, 1.82) is 0 Å². The number of nitrogen functional groups attached to an aromatic ring is 1. The number of anilines is 1. The lowest BCUT2D eigenvalue weighted by molar-refractivity contribution is 0.0463. The molecule has 0 saturated carbocycles. The Morgan fingerprint density at radius 3 is 2.95 bits per heavy atom. The topological polar surface area (TPSA) is 137 Å². The summed E-state index contributed by atoms with van der Waals surface area (Å²) in [5, 5.41) is 0. The van der Waals surface area contributed by atoms with Crippen molar-refractivity contribution >= 4 is 13.4 Å². The van der Waals surface area contributed by atoms with Crippen LogP contribution in [0.3, 0.4) is 0 Å². The minimum Gasteiger partial charge on any atom is -0.383 e. The van der Waals surface area contributed by atoms with E-state index < -0.39 is 31.8 Å². The second-order valence-electron chi connectivity index (χ2n) is 4.15. The zero-order valence-corrected chi connectivity index (χ0v) is 10.8. The number of nitrogens with zero attached hydrogens (tertiary/aromatic N) is 2. The lowest BCUT2D eigenvalue weighted by atomic mass is 10.2. The molecule has 1 aliphatic rings. The van der Waals surface area contributed by atoms with Crippen LogP contribution in [-0.4, -0.2) is 45.0 Å². The van der Waals surface area contributed by atoms with Crippen LogP contribution >= 0.6 is 7.60 Å². The summed E-state index contributed by atoms with van der Waals surface area (Å²) >= 11 is 0. The Morgan fingerprint density at radius 2 is 2.32 bits per heavy atom. The van der Waals surface area contributed by atoms with Crippen LogP contribution < -0.4 is 11.4 Å². The zero-order chi connectivity index (χ0) is 14.0. The van der Waals surface area contributed by atoms with Gasteiger partial charge in [-0.2, -0.15) is 4.98 Å². The molecule has 2 heterocycles. The first kappa shape index (κ1) is 14.2. The number of hydrogen-bond donors (Lipinski definition) is 3. The fraction of sp³-hybridized carbons (Fsp3) is 0.556. The SMILES string of the molecule is Nc1ccn(C2COCC2OCP(=O)(O)O)c(=O)n1. The maximum absolute atomic E-state index is 11.7. The summed E-state index contributed by atoms with van der Waals surface area (Å²) < 4.78 is 22.4. The molecule has 2 rings (SSSR count). The molecule has 9 nitrogen and oxygen atoms in total. The van der Waals surface area contributed by atoms with E-state index >= 15 is 0 Å². The summed E-state index contributed by atoms with van der Waals surface area (Å²) in [6.45, 7) is 0.360. The van der Waals surface area contributed by atoms with Crippen LogP contribution in [0.25, 0.3) is 0 Å². The molecule has 19 heavy (non-hydrogen) atoms. The molecule has 0 radical (unpaired) electrons. The Balaban J connectivity index is 2.14. The molecule has 0 aromatic carbocycles. The highest BCUT2D eigenvalue weighted by atomic mass is 31.2. The number of aromatic nitrogens is 2. The van der Waals surface area contributed by atoms with Crippen molar-refractivity contribution in [1.82, 2.24) is 9.55 Å². The Bertz CT molecular complexity index is 555. The van der Waals surface area contributed by atoms with E-state index in [1.165, 1.54) is 16.8 Å². The first-order valence-electron chi connectivity index (χ1n) is 5.45. The molecule has 0 spiro atoms. The van der Waals surface area contributed by atoms with Crippen molar-refractivity contribution in [3.05, 3.63) is 22.7 Å². The van der Waals surface area contributed by atoms with Gasteiger partial charge in [0.25, 0.3) is 0 Å². The van der Waals surface area contributed by atoms with Crippen LogP contribution in [0.1, 0.15) is 6.04 Å². The van der Waals surface area contributed by atoms with Crippen molar-refractivity contribution in [3.63, 3.8) is 0 Å². The van der Waals surface area contributed by atoms with Gasteiger partial charge in [-0.3, -0.25) is 9.13 Å². The first-order chi connectivity index (χ1) is 8.87. The van der Waals surface area contributed by atoms with E-state index in [0.717, 1.165) is 0 Å². The molecule has 10 heteroatoms. The van der Waals surface area contributed by atoms with Gasteiger partial charge >= 0.3 is 13.3 Å². The molecule has 0 aliphatic carbocycles. The smallest absolute Gasteiger partial charge is 0.350 e. The van der Waals surface area contributed by atoms with Crippen LogP contribution in [0.15, 0.2) is 17.1 Å². The highest BCUT2D eigenvalue weighted by Crippen LogP contribution is 2.36. The maximum Gasteiger partial charge on any atom is 0.350 e. The normalized spacial score (nSPS) is 23.7. The minimum atomic E-state index is -4.26. The third kappa shape index (κ3) is 3.62. The van der Waals surface area contributed by atoms with Crippen LogP contribution in [0.5, 0.6) is 0 Å². The summed E-state index contributed by atoms with van der Waals surface area (Å²) in [4.78, 5) is 32.8. The molecule has 4 N–H and O–H groups in total. The number of ether oxygens (including phenoxy) is 2. The third-order valence-corrected chi connectivity index (χ3v) is 3.15. The third-order valence-electron chi connectivity index (χ3n) is 2.67. The number of nitrogens with two attached hydrogens (primary N) is 1. The van der Waals surface area contributed by atoms with Gasteiger partial charge in [-0.05, 0) is 6.07 Å². The predicted molar refractivity (Wildman–Crippen MR) is 64.5 cm³/mol.